The van der Waals surface area contributed by atoms with Gasteiger partial charge in [-0.2, -0.15) is 0 Å². The molecule has 1 radical (unpaired) electrons. The number of hydrogen-bond acceptors (Lipinski definition) is 1. The van der Waals surface area contributed by atoms with Gasteiger partial charge >= 0.3 is 0 Å². The second kappa shape index (κ2) is 6.38. The standard InChI is InChI=1S/C15H17OSi/c1-2-17-16-15(13-9-5-3-6-10-13)14-11-7-4-8-12-14/h3-12,15H,1-2,17H2. The van der Waals surface area contributed by atoms with Gasteiger partial charge in [0.2, 0.25) is 0 Å². The quantitative estimate of drug-likeness (QED) is 0.731. The molecule has 0 aliphatic carbocycles. The van der Waals surface area contributed by atoms with E-state index in [1.54, 1.807) is 0 Å². The second-order valence-electron chi connectivity index (χ2n) is 3.93. The van der Waals surface area contributed by atoms with Gasteiger partial charge in [0, 0.05) is 0 Å². The molecule has 1 nitrogen and oxygen atoms in total. The third kappa shape index (κ3) is 3.28. The Labute approximate surface area is 105 Å². The van der Waals surface area contributed by atoms with E-state index in [9.17, 15) is 0 Å². The monoisotopic (exact) mass is 241 g/mol. The van der Waals surface area contributed by atoms with E-state index in [1.165, 1.54) is 11.1 Å². The van der Waals surface area contributed by atoms with Crippen LogP contribution in [0.4, 0.5) is 0 Å². The van der Waals surface area contributed by atoms with Gasteiger partial charge in [0.15, 0.2) is 9.76 Å². The molecule has 0 spiro atoms. The van der Waals surface area contributed by atoms with Crippen LogP contribution in [0.15, 0.2) is 60.7 Å². The van der Waals surface area contributed by atoms with Crippen LogP contribution in [-0.4, -0.2) is 9.76 Å². The fourth-order valence-corrected chi connectivity index (χ4v) is 2.63. The Bertz CT molecular complexity index is 388. The molecule has 2 aromatic rings. The van der Waals surface area contributed by atoms with Gasteiger partial charge in [-0.3, -0.25) is 0 Å². The maximum atomic E-state index is 6.04. The summed E-state index contributed by atoms with van der Waals surface area (Å²) >= 11 is 0. The van der Waals surface area contributed by atoms with Crippen molar-refractivity contribution in [3.05, 3.63) is 78.7 Å². The van der Waals surface area contributed by atoms with E-state index in [2.05, 4.69) is 55.5 Å². The first-order valence-electron chi connectivity index (χ1n) is 5.92. The molecular formula is C15H17OSi. The molecule has 0 aliphatic heterocycles. The van der Waals surface area contributed by atoms with Crippen molar-refractivity contribution in [3.63, 3.8) is 0 Å². The SMILES string of the molecule is [CH2]C[SiH2]OC(c1ccccc1)c1ccccc1. The van der Waals surface area contributed by atoms with Crippen molar-refractivity contribution in [2.45, 2.75) is 12.1 Å². The Kier molecular flexibility index (Phi) is 4.53. The summed E-state index contributed by atoms with van der Waals surface area (Å²) in [6.07, 6.45) is 0.0748. The molecule has 2 heteroatoms. The molecule has 0 unspecified atom stereocenters. The highest BCUT2D eigenvalue weighted by molar-refractivity contribution is 6.27. The first kappa shape index (κ1) is 12.1. The molecule has 0 atom stereocenters. The van der Waals surface area contributed by atoms with Gasteiger partial charge in [-0.1, -0.05) is 67.6 Å². The molecule has 0 fully saturated rings. The lowest BCUT2D eigenvalue weighted by Crippen LogP contribution is -2.08. The molecule has 0 aromatic heterocycles. The molecule has 0 saturated carbocycles. The largest absolute Gasteiger partial charge is 0.413 e. The summed E-state index contributed by atoms with van der Waals surface area (Å²) in [5, 5.41) is 0. The van der Waals surface area contributed by atoms with E-state index in [4.69, 9.17) is 4.43 Å². The van der Waals surface area contributed by atoms with Crippen molar-refractivity contribution in [3.8, 4) is 0 Å². The molecule has 2 aromatic carbocycles. The van der Waals surface area contributed by atoms with Crippen LogP contribution < -0.4 is 0 Å². The first-order valence-corrected chi connectivity index (χ1v) is 7.50. The van der Waals surface area contributed by atoms with E-state index in [-0.39, 0.29) is 6.10 Å². The van der Waals surface area contributed by atoms with Gasteiger partial charge in [0.05, 0.1) is 6.10 Å². The summed E-state index contributed by atoms with van der Waals surface area (Å²) < 4.78 is 6.04. The van der Waals surface area contributed by atoms with Crippen LogP contribution in [0.3, 0.4) is 0 Å². The predicted molar refractivity (Wildman–Crippen MR) is 74.5 cm³/mol. The lowest BCUT2D eigenvalue weighted by atomic mass is 10.0. The summed E-state index contributed by atoms with van der Waals surface area (Å²) in [5.74, 6) is 0. The highest BCUT2D eigenvalue weighted by atomic mass is 28.2. The fraction of sp³-hybridized carbons (Fsp3) is 0.133. The maximum absolute atomic E-state index is 6.04. The molecule has 0 N–H and O–H groups in total. The summed E-state index contributed by atoms with van der Waals surface area (Å²) in [6.45, 7) is 3.88. The van der Waals surface area contributed by atoms with Crippen molar-refractivity contribution in [2.24, 2.45) is 0 Å². The minimum atomic E-state index is -0.524. The molecular weight excluding hydrogens is 224 g/mol. The van der Waals surface area contributed by atoms with Gasteiger partial charge in [-0.05, 0) is 17.2 Å². The normalized spacial score (nSPS) is 11.4. The Hall–Kier alpha value is -1.38. The highest BCUT2D eigenvalue weighted by Crippen LogP contribution is 2.25. The van der Waals surface area contributed by atoms with Crippen LogP contribution in [0.1, 0.15) is 17.2 Å². The van der Waals surface area contributed by atoms with Crippen molar-refractivity contribution in [1.29, 1.82) is 0 Å². The van der Waals surface area contributed by atoms with Crippen molar-refractivity contribution in [2.75, 3.05) is 0 Å². The number of benzene rings is 2. The molecule has 87 valence electrons. The van der Waals surface area contributed by atoms with Gasteiger partial charge in [0.25, 0.3) is 0 Å². The lowest BCUT2D eigenvalue weighted by Gasteiger charge is -2.19. The molecule has 0 aliphatic rings. The number of rotatable bonds is 5. The first-order chi connectivity index (χ1) is 8.42. The van der Waals surface area contributed by atoms with Gasteiger partial charge < -0.3 is 4.43 Å². The molecule has 0 heterocycles. The van der Waals surface area contributed by atoms with Crippen molar-refractivity contribution >= 4 is 9.76 Å². The molecule has 0 saturated heterocycles. The minimum Gasteiger partial charge on any atom is -0.413 e. The summed E-state index contributed by atoms with van der Waals surface area (Å²) in [7, 11) is -0.524. The van der Waals surface area contributed by atoms with Crippen LogP contribution in [-0.2, 0) is 4.43 Å². The van der Waals surface area contributed by atoms with Gasteiger partial charge in [-0.25, -0.2) is 0 Å². The average Bonchev–Trinajstić information content (AvgIpc) is 2.42. The summed E-state index contributed by atoms with van der Waals surface area (Å²) in [5.41, 5.74) is 2.44. The van der Waals surface area contributed by atoms with Gasteiger partial charge in [-0.15, -0.1) is 0 Å². The molecule has 0 amide bonds. The predicted octanol–water partition coefficient (Wildman–Crippen LogP) is 3.13. The van der Waals surface area contributed by atoms with E-state index in [1.807, 2.05) is 12.1 Å². The Morgan fingerprint density at radius 3 is 1.76 bits per heavy atom. The smallest absolute Gasteiger partial charge is 0.162 e. The zero-order valence-corrected chi connectivity index (χ0v) is 11.3. The second-order valence-corrected chi connectivity index (χ2v) is 5.37. The zero-order valence-electron chi connectivity index (χ0n) is 9.88. The Morgan fingerprint density at radius 2 is 1.35 bits per heavy atom. The van der Waals surface area contributed by atoms with Crippen LogP contribution in [0.25, 0.3) is 0 Å². The third-order valence-electron chi connectivity index (χ3n) is 2.63. The van der Waals surface area contributed by atoms with Crippen LogP contribution in [0.2, 0.25) is 6.04 Å². The summed E-state index contributed by atoms with van der Waals surface area (Å²) in [6, 6.07) is 21.7. The van der Waals surface area contributed by atoms with E-state index in [0.717, 1.165) is 6.04 Å². The molecule has 17 heavy (non-hydrogen) atoms. The zero-order chi connectivity index (χ0) is 11.9. The summed E-state index contributed by atoms with van der Waals surface area (Å²) in [4.78, 5) is 0. The van der Waals surface area contributed by atoms with Crippen molar-refractivity contribution in [1.82, 2.24) is 0 Å². The van der Waals surface area contributed by atoms with E-state index >= 15 is 0 Å². The van der Waals surface area contributed by atoms with E-state index in [0.29, 0.717) is 0 Å². The van der Waals surface area contributed by atoms with E-state index < -0.39 is 9.76 Å². The van der Waals surface area contributed by atoms with Crippen LogP contribution in [0, 0.1) is 6.92 Å². The highest BCUT2D eigenvalue weighted by Gasteiger charge is 2.12. The number of hydrogen-bond donors (Lipinski definition) is 0. The molecule has 0 bridgehead atoms. The van der Waals surface area contributed by atoms with Crippen LogP contribution in [0.5, 0.6) is 0 Å². The van der Waals surface area contributed by atoms with Crippen molar-refractivity contribution < 1.29 is 4.43 Å². The minimum absolute atomic E-state index is 0.0748. The maximum Gasteiger partial charge on any atom is 0.162 e. The fourth-order valence-electron chi connectivity index (χ4n) is 1.84. The lowest BCUT2D eigenvalue weighted by molar-refractivity contribution is 0.262. The third-order valence-corrected chi connectivity index (χ3v) is 3.49. The van der Waals surface area contributed by atoms with Gasteiger partial charge in [0.1, 0.15) is 0 Å². The Balaban J connectivity index is 2.26. The molecule has 2 rings (SSSR count). The average molecular weight is 241 g/mol. The van der Waals surface area contributed by atoms with Crippen LogP contribution >= 0.6 is 0 Å². The Morgan fingerprint density at radius 1 is 0.882 bits per heavy atom. The topological polar surface area (TPSA) is 9.23 Å².